The summed E-state index contributed by atoms with van der Waals surface area (Å²) < 4.78 is 30.4. The van der Waals surface area contributed by atoms with E-state index in [1.54, 1.807) is 12.3 Å². The molecule has 4 aromatic carbocycles. The summed E-state index contributed by atoms with van der Waals surface area (Å²) in [6, 6.07) is 41.2. The molecule has 5 aromatic rings. The van der Waals surface area contributed by atoms with E-state index in [-0.39, 0.29) is 0 Å². The fourth-order valence-electron chi connectivity index (χ4n) is 4.25. The van der Waals surface area contributed by atoms with Gasteiger partial charge in [0, 0.05) is 32.7 Å². The van der Waals surface area contributed by atoms with Gasteiger partial charge in [-0.05, 0) is 12.1 Å². The van der Waals surface area contributed by atoms with Gasteiger partial charge >= 0.3 is 0 Å². The lowest BCUT2D eigenvalue weighted by molar-refractivity contribution is 0.590. The summed E-state index contributed by atoms with van der Waals surface area (Å²) in [6.07, 6.45) is 1.64. The molecule has 1 aromatic heterocycles. The van der Waals surface area contributed by atoms with Crippen molar-refractivity contribution in [1.82, 2.24) is 4.98 Å². The zero-order chi connectivity index (χ0) is 23.4. The summed E-state index contributed by atoms with van der Waals surface area (Å²) in [7, 11) is -6.82. The van der Waals surface area contributed by atoms with Crippen LogP contribution in [0.1, 0.15) is 0 Å². The molecule has 0 amide bonds. The van der Waals surface area contributed by atoms with Gasteiger partial charge in [-0.25, -0.2) is 0 Å². The average Bonchev–Trinajstić information content (AvgIpc) is 2.94. The Morgan fingerprint density at radius 1 is 0.412 bits per heavy atom. The van der Waals surface area contributed by atoms with E-state index in [1.165, 1.54) is 0 Å². The predicted molar refractivity (Wildman–Crippen MR) is 143 cm³/mol. The van der Waals surface area contributed by atoms with Gasteiger partial charge < -0.3 is 9.13 Å². The molecule has 0 unspecified atom stereocenters. The second-order valence-electron chi connectivity index (χ2n) is 7.91. The van der Waals surface area contributed by atoms with Gasteiger partial charge in [0.25, 0.3) is 0 Å². The number of hydrogen-bond acceptors (Lipinski definition) is 3. The first-order valence-electron chi connectivity index (χ1n) is 11.0. The summed E-state index contributed by atoms with van der Waals surface area (Å²) in [5, 5.41) is 3.19. The third-order valence-corrected chi connectivity index (χ3v) is 12.2. The van der Waals surface area contributed by atoms with Crippen LogP contribution in [-0.2, 0) is 9.13 Å². The van der Waals surface area contributed by atoms with Crippen molar-refractivity contribution >= 4 is 46.2 Å². The Labute approximate surface area is 199 Å². The highest BCUT2D eigenvalue weighted by Gasteiger charge is 2.40. The highest BCUT2D eigenvalue weighted by atomic mass is 31.2. The first-order chi connectivity index (χ1) is 16.6. The van der Waals surface area contributed by atoms with E-state index in [2.05, 4.69) is 4.98 Å². The summed E-state index contributed by atoms with van der Waals surface area (Å²) >= 11 is 0. The maximum atomic E-state index is 15.2. The molecule has 0 bridgehead atoms. The fraction of sp³-hybridized carbons (Fsp3) is 0. The van der Waals surface area contributed by atoms with E-state index < -0.39 is 14.3 Å². The van der Waals surface area contributed by atoms with Crippen molar-refractivity contribution in [3.05, 3.63) is 140 Å². The lowest BCUT2D eigenvalue weighted by atomic mass is 10.4. The monoisotopic (exact) mass is 479 g/mol. The van der Waals surface area contributed by atoms with Gasteiger partial charge in [0.15, 0.2) is 14.3 Å². The van der Waals surface area contributed by atoms with Gasteiger partial charge in [0.1, 0.15) is 5.44 Å². The summed E-state index contributed by atoms with van der Waals surface area (Å²) in [4.78, 5) is 4.69. The molecule has 1 heterocycles. The quantitative estimate of drug-likeness (QED) is 0.340. The molecule has 0 aliphatic carbocycles. The third kappa shape index (κ3) is 3.78. The van der Waals surface area contributed by atoms with Gasteiger partial charge in [-0.3, -0.25) is 4.98 Å². The van der Waals surface area contributed by atoms with E-state index in [1.807, 2.05) is 127 Å². The molecule has 5 rings (SSSR count). The van der Waals surface area contributed by atoms with E-state index in [4.69, 9.17) is 0 Å². The molecule has 3 nitrogen and oxygen atoms in total. The van der Waals surface area contributed by atoms with Crippen LogP contribution in [0, 0.1) is 0 Å². The van der Waals surface area contributed by atoms with E-state index in [0.29, 0.717) is 32.0 Å². The lowest BCUT2D eigenvalue weighted by Crippen LogP contribution is -2.40. The SMILES string of the molecule is O=P(c1ccccc1)(c1ccccc1)c1cccnc1P(=O)(c1ccccc1)c1ccccc1. The van der Waals surface area contributed by atoms with Crippen LogP contribution in [0.15, 0.2) is 140 Å². The second kappa shape index (κ2) is 9.39. The maximum absolute atomic E-state index is 15.2. The van der Waals surface area contributed by atoms with Crippen molar-refractivity contribution in [2.75, 3.05) is 0 Å². The van der Waals surface area contributed by atoms with Crippen LogP contribution in [0.3, 0.4) is 0 Å². The Morgan fingerprint density at radius 3 is 1.15 bits per heavy atom. The van der Waals surface area contributed by atoms with Crippen molar-refractivity contribution in [1.29, 1.82) is 0 Å². The maximum Gasteiger partial charge on any atom is 0.189 e. The first kappa shape index (κ1) is 22.3. The van der Waals surface area contributed by atoms with Crippen LogP contribution in [0.5, 0.6) is 0 Å². The number of hydrogen-bond donors (Lipinski definition) is 0. The molecule has 0 aliphatic heterocycles. The summed E-state index contributed by atoms with van der Waals surface area (Å²) in [5.74, 6) is 0. The Hall–Kier alpha value is -3.51. The van der Waals surface area contributed by atoms with Gasteiger partial charge in [-0.1, -0.05) is 121 Å². The average molecular weight is 479 g/mol. The molecule has 5 heteroatoms. The van der Waals surface area contributed by atoms with Crippen LogP contribution < -0.4 is 32.0 Å². The third-order valence-electron chi connectivity index (χ3n) is 5.88. The number of pyridine rings is 1. The molecule has 0 radical (unpaired) electrons. The highest BCUT2D eigenvalue weighted by molar-refractivity contribution is 7.90. The van der Waals surface area contributed by atoms with Crippen LogP contribution >= 0.6 is 14.3 Å². The number of nitrogens with zero attached hydrogens (tertiary/aromatic N) is 1. The van der Waals surface area contributed by atoms with Crippen molar-refractivity contribution in [3.8, 4) is 0 Å². The van der Waals surface area contributed by atoms with Gasteiger partial charge in [-0.15, -0.1) is 0 Å². The Balaban J connectivity index is 1.87. The largest absolute Gasteiger partial charge is 0.309 e. The Kier molecular flexibility index (Phi) is 6.16. The number of aromatic nitrogens is 1. The zero-order valence-corrected chi connectivity index (χ0v) is 20.2. The zero-order valence-electron chi connectivity index (χ0n) is 18.4. The van der Waals surface area contributed by atoms with Crippen LogP contribution in [-0.4, -0.2) is 4.98 Å². The van der Waals surface area contributed by atoms with Crippen molar-refractivity contribution in [2.45, 2.75) is 0 Å². The predicted octanol–water partition coefficient (Wildman–Crippen LogP) is 4.36. The molecule has 0 fully saturated rings. The Bertz CT molecular complexity index is 1290. The molecule has 0 saturated carbocycles. The van der Waals surface area contributed by atoms with Crippen molar-refractivity contribution in [3.63, 3.8) is 0 Å². The minimum Gasteiger partial charge on any atom is -0.309 e. The molecule has 0 N–H and O–H groups in total. The molecule has 0 saturated heterocycles. The van der Waals surface area contributed by atoms with Gasteiger partial charge in [-0.2, -0.15) is 0 Å². The van der Waals surface area contributed by atoms with E-state index in [0.717, 1.165) is 0 Å². The topological polar surface area (TPSA) is 47.0 Å². The Morgan fingerprint density at radius 2 is 0.765 bits per heavy atom. The smallest absolute Gasteiger partial charge is 0.189 e. The molecule has 34 heavy (non-hydrogen) atoms. The highest BCUT2D eigenvalue weighted by Crippen LogP contribution is 2.47. The van der Waals surface area contributed by atoms with E-state index in [9.17, 15) is 0 Å². The van der Waals surface area contributed by atoms with Crippen molar-refractivity contribution < 1.29 is 9.13 Å². The van der Waals surface area contributed by atoms with Crippen LogP contribution in [0.2, 0.25) is 0 Å². The van der Waals surface area contributed by atoms with Gasteiger partial charge in [0.05, 0.1) is 0 Å². The minimum absolute atomic E-state index is 0.364. The standard InChI is InChI=1S/C29H23NO2P2/c31-33(24-14-5-1-6-15-24,25-16-7-2-8-17-25)28-22-13-23-30-29(28)34(32,26-18-9-3-10-19-26)27-20-11-4-12-21-27/h1-23H. The fourth-order valence-corrected chi connectivity index (χ4v) is 10.4. The van der Waals surface area contributed by atoms with E-state index >= 15 is 9.13 Å². The molecular weight excluding hydrogens is 456 g/mol. The lowest BCUT2D eigenvalue weighted by Gasteiger charge is -2.26. The molecule has 0 aliphatic rings. The summed E-state index contributed by atoms with van der Waals surface area (Å²) in [6.45, 7) is 0. The number of benzene rings is 4. The van der Waals surface area contributed by atoms with Gasteiger partial charge in [0.2, 0.25) is 0 Å². The molecule has 0 spiro atoms. The first-order valence-corrected chi connectivity index (χ1v) is 14.5. The molecule has 166 valence electrons. The normalized spacial score (nSPS) is 11.8. The summed E-state index contributed by atoms with van der Waals surface area (Å²) in [5.41, 5.74) is 0.364. The second-order valence-corrected chi connectivity index (χ2v) is 13.3. The van der Waals surface area contributed by atoms with Crippen molar-refractivity contribution in [2.24, 2.45) is 0 Å². The molecular formula is C29H23NO2P2. The molecule has 0 atom stereocenters. The number of rotatable bonds is 6. The van der Waals surface area contributed by atoms with Crippen LogP contribution in [0.25, 0.3) is 0 Å². The van der Waals surface area contributed by atoms with Crippen LogP contribution in [0.4, 0.5) is 0 Å². The minimum atomic E-state index is -3.43.